The molecule has 1 N–H and O–H groups in total. The third-order valence-electron chi connectivity index (χ3n) is 4.59. The molecule has 1 aromatic rings. The molecule has 2 saturated carbocycles. The van der Waals surface area contributed by atoms with E-state index >= 15 is 0 Å². The fraction of sp³-hybridized carbons (Fsp3) is 0.714. The van der Waals surface area contributed by atoms with Crippen molar-refractivity contribution >= 4 is 5.95 Å². The summed E-state index contributed by atoms with van der Waals surface area (Å²) in [6, 6.07) is 2.44. The van der Waals surface area contributed by atoms with Crippen molar-refractivity contribution in [1.82, 2.24) is 9.97 Å². The number of aryl methyl sites for hydroxylation is 1. The maximum absolute atomic E-state index is 4.42. The summed E-state index contributed by atoms with van der Waals surface area (Å²) in [6.45, 7) is 4.30. The first kappa shape index (κ1) is 11.0. The van der Waals surface area contributed by atoms with E-state index < -0.39 is 0 Å². The van der Waals surface area contributed by atoms with Crippen LogP contribution in [0.3, 0.4) is 0 Å². The van der Waals surface area contributed by atoms with Crippen molar-refractivity contribution < 1.29 is 0 Å². The lowest BCUT2D eigenvalue weighted by Crippen LogP contribution is -2.30. The highest BCUT2D eigenvalue weighted by Crippen LogP contribution is 2.49. The van der Waals surface area contributed by atoms with Crippen LogP contribution in [0.2, 0.25) is 0 Å². The Bertz CT molecular complexity index is 404. The zero-order valence-electron chi connectivity index (χ0n) is 10.7. The number of hydrogen-bond donors (Lipinski definition) is 1. The van der Waals surface area contributed by atoms with Crippen LogP contribution in [0.5, 0.6) is 0 Å². The van der Waals surface area contributed by atoms with Gasteiger partial charge in [0.25, 0.3) is 0 Å². The molecule has 0 amide bonds. The summed E-state index contributed by atoms with van der Waals surface area (Å²) >= 11 is 0. The van der Waals surface area contributed by atoms with Gasteiger partial charge < -0.3 is 5.32 Å². The van der Waals surface area contributed by atoms with Gasteiger partial charge in [-0.1, -0.05) is 6.42 Å². The molecule has 4 unspecified atom stereocenters. The second-order valence-electron chi connectivity index (χ2n) is 5.79. The predicted molar refractivity (Wildman–Crippen MR) is 68.8 cm³/mol. The van der Waals surface area contributed by atoms with Crippen molar-refractivity contribution in [2.24, 2.45) is 17.8 Å². The summed E-state index contributed by atoms with van der Waals surface area (Å²) in [7, 11) is 0. The van der Waals surface area contributed by atoms with Gasteiger partial charge in [-0.15, -0.1) is 0 Å². The molecule has 2 fully saturated rings. The minimum absolute atomic E-state index is 0.507. The minimum atomic E-state index is 0.507. The summed E-state index contributed by atoms with van der Waals surface area (Å²) in [4.78, 5) is 8.72. The second-order valence-corrected chi connectivity index (χ2v) is 5.79. The molecule has 0 aliphatic heterocycles. The summed E-state index contributed by atoms with van der Waals surface area (Å²) in [5, 5.41) is 3.49. The molecule has 4 atom stereocenters. The lowest BCUT2D eigenvalue weighted by atomic mass is 9.84. The fourth-order valence-electron chi connectivity index (χ4n) is 3.74. The average Bonchev–Trinajstić information content (AvgIpc) is 2.90. The molecule has 2 aliphatic rings. The van der Waals surface area contributed by atoms with E-state index in [-0.39, 0.29) is 0 Å². The molecule has 3 rings (SSSR count). The number of hydrogen-bond acceptors (Lipinski definition) is 3. The molecular formula is C14H21N3. The normalized spacial score (nSPS) is 32.7. The van der Waals surface area contributed by atoms with Crippen LogP contribution >= 0.6 is 0 Å². The lowest BCUT2D eigenvalue weighted by Gasteiger charge is -2.28. The van der Waals surface area contributed by atoms with Crippen LogP contribution in [-0.4, -0.2) is 16.0 Å². The van der Waals surface area contributed by atoms with Crippen molar-refractivity contribution in [3.05, 3.63) is 18.0 Å². The SMILES string of the molecule is Cc1ccnc(NC(C)C2CC3CCC2C3)n1. The van der Waals surface area contributed by atoms with Crippen molar-refractivity contribution in [3.8, 4) is 0 Å². The Balaban J connectivity index is 1.65. The number of nitrogens with zero attached hydrogens (tertiary/aromatic N) is 2. The summed E-state index contributed by atoms with van der Waals surface area (Å²) in [6.07, 6.45) is 7.61. The first-order valence-electron chi connectivity index (χ1n) is 6.78. The van der Waals surface area contributed by atoms with Gasteiger partial charge in [-0.25, -0.2) is 9.97 Å². The first-order valence-corrected chi connectivity index (χ1v) is 6.78. The molecule has 92 valence electrons. The lowest BCUT2D eigenvalue weighted by molar-refractivity contribution is 0.303. The number of rotatable bonds is 3. The third-order valence-corrected chi connectivity index (χ3v) is 4.59. The molecule has 1 aromatic heterocycles. The van der Waals surface area contributed by atoms with Gasteiger partial charge in [-0.05, 0) is 56.9 Å². The average molecular weight is 231 g/mol. The Labute approximate surface area is 103 Å². The highest BCUT2D eigenvalue weighted by atomic mass is 15.1. The molecule has 2 bridgehead atoms. The van der Waals surface area contributed by atoms with Gasteiger partial charge in [0.1, 0.15) is 0 Å². The molecule has 0 spiro atoms. The molecule has 2 aliphatic carbocycles. The predicted octanol–water partition coefficient (Wildman–Crippen LogP) is 3.02. The van der Waals surface area contributed by atoms with Gasteiger partial charge in [-0.3, -0.25) is 0 Å². The molecular weight excluding hydrogens is 210 g/mol. The van der Waals surface area contributed by atoms with Crippen molar-refractivity contribution in [2.75, 3.05) is 5.32 Å². The largest absolute Gasteiger partial charge is 0.351 e. The Morgan fingerprint density at radius 3 is 2.88 bits per heavy atom. The van der Waals surface area contributed by atoms with Crippen LogP contribution in [-0.2, 0) is 0 Å². The molecule has 17 heavy (non-hydrogen) atoms. The van der Waals surface area contributed by atoms with Crippen molar-refractivity contribution in [1.29, 1.82) is 0 Å². The standard InChI is InChI=1S/C14H21N3/c1-9-5-6-15-14(16-9)17-10(2)13-8-11-3-4-12(13)7-11/h5-6,10-13H,3-4,7-8H2,1-2H3,(H,15,16,17). The van der Waals surface area contributed by atoms with Crippen molar-refractivity contribution in [2.45, 2.75) is 45.6 Å². The van der Waals surface area contributed by atoms with E-state index in [1.807, 2.05) is 19.2 Å². The van der Waals surface area contributed by atoms with Crippen LogP contribution in [0.25, 0.3) is 0 Å². The maximum Gasteiger partial charge on any atom is 0.223 e. The Morgan fingerprint density at radius 2 is 2.24 bits per heavy atom. The molecule has 0 saturated heterocycles. The number of nitrogens with one attached hydrogen (secondary N) is 1. The Kier molecular flexibility index (Phi) is 2.77. The van der Waals surface area contributed by atoms with Crippen LogP contribution in [0.1, 0.15) is 38.3 Å². The van der Waals surface area contributed by atoms with Crippen LogP contribution < -0.4 is 5.32 Å². The number of anilines is 1. The molecule has 3 nitrogen and oxygen atoms in total. The highest BCUT2D eigenvalue weighted by molar-refractivity contribution is 5.26. The van der Waals surface area contributed by atoms with Crippen LogP contribution in [0.15, 0.2) is 12.3 Å². The molecule has 0 radical (unpaired) electrons. The van der Waals surface area contributed by atoms with E-state index in [1.54, 1.807) is 0 Å². The van der Waals surface area contributed by atoms with Crippen LogP contribution in [0, 0.1) is 24.7 Å². The van der Waals surface area contributed by atoms with E-state index in [0.29, 0.717) is 6.04 Å². The minimum Gasteiger partial charge on any atom is -0.351 e. The van der Waals surface area contributed by atoms with E-state index in [0.717, 1.165) is 29.4 Å². The summed E-state index contributed by atoms with van der Waals surface area (Å²) in [5.41, 5.74) is 1.03. The fourth-order valence-corrected chi connectivity index (χ4v) is 3.74. The zero-order chi connectivity index (χ0) is 11.8. The monoisotopic (exact) mass is 231 g/mol. The van der Waals surface area contributed by atoms with Gasteiger partial charge >= 0.3 is 0 Å². The summed E-state index contributed by atoms with van der Waals surface area (Å²) < 4.78 is 0. The van der Waals surface area contributed by atoms with Gasteiger partial charge in [0.05, 0.1) is 0 Å². The van der Waals surface area contributed by atoms with Gasteiger partial charge in [0, 0.05) is 17.9 Å². The van der Waals surface area contributed by atoms with E-state index in [1.165, 1.54) is 25.7 Å². The first-order chi connectivity index (χ1) is 8.22. The molecule has 3 heteroatoms. The van der Waals surface area contributed by atoms with E-state index in [2.05, 4.69) is 22.2 Å². The highest BCUT2D eigenvalue weighted by Gasteiger charge is 2.41. The second kappa shape index (κ2) is 4.28. The molecule has 1 heterocycles. The summed E-state index contributed by atoms with van der Waals surface area (Å²) in [5.74, 6) is 3.58. The van der Waals surface area contributed by atoms with Gasteiger partial charge in [0.2, 0.25) is 5.95 Å². The smallest absolute Gasteiger partial charge is 0.223 e. The quantitative estimate of drug-likeness (QED) is 0.869. The van der Waals surface area contributed by atoms with Gasteiger partial charge in [0.15, 0.2) is 0 Å². The third kappa shape index (κ3) is 2.15. The molecule has 0 aromatic carbocycles. The van der Waals surface area contributed by atoms with E-state index in [9.17, 15) is 0 Å². The van der Waals surface area contributed by atoms with Crippen molar-refractivity contribution in [3.63, 3.8) is 0 Å². The Hall–Kier alpha value is -1.12. The number of fused-ring (bicyclic) bond motifs is 2. The van der Waals surface area contributed by atoms with Crippen LogP contribution in [0.4, 0.5) is 5.95 Å². The van der Waals surface area contributed by atoms with Gasteiger partial charge in [-0.2, -0.15) is 0 Å². The van der Waals surface area contributed by atoms with E-state index in [4.69, 9.17) is 0 Å². The number of aromatic nitrogens is 2. The topological polar surface area (TPSA) is 37.8 Å². The maximum atomic E-state index is 4.42. The zero-order valence-corrected chi connectivity index (χ0v) is 10.7. The Morgan fingerprint density at radius 1 is 1.35 bits per heavy atom.